The summed E-state index contributed by atoms with van der Waals surface area (Å²) < 4.78 is 0. The minimum atomic E-state index is -1.01. The molecule has 0 aliphatic rings. The fourth-order valence-corrected chi connectivity index (χ4v) is 1.81. The van der Waals surface area contributed by atoms with Crippen LogP contribution in [0.5, 0.6) is 0 Å². The summed E-state index contributed by atoms with van der Waals surface area (Å²) >= 11 is 0. The first-order valence-corrected chi connectivity index (χ1v) is 6.67. The zero-order valence-corrected chi connectivity index (χ0v) is 12.3. The van der Waals surface area contributed by atoms with E-state index in [1.165, 1.54) is 4.90 Å². The standard InChI is InChI=1S/C13H26N2O4/c1-10(2)8-14(9-12(17)18)13(19)15(11(3)4)6-5-7-16/h10-11,16H,5-9H2,1-4H3,(H,17,18). The van der Waals surface area contributed by atoms with E-state index >= 15 is 0 Å². The van der Waals surface area contributed by atoms with Crippen LogP contribution in [-0.4, -0.2) is 64.3 Å². The normalized spacial score (nSPS) is 10.9. The predicted molar refractivity (Wildman–Crippen MR) is 73.0 cm³/mol. The monoisotopic (exact) mass is 274 g/mol. The lowest BCUT2D eigenvalue weighted by Crippen LogP contribution is -2.49. The molecule has 0 heterocycles. The second-order valence-corrected chi connectivity index (χ2v) is 5.31. The van der Waals surface area contributed by atoms with Gasteiger partial charge in [-0.05, 0) is 26.2 Å². The van der Waals surface area contributed by atoms with Gasteiger partial charge in [0, 0.05) is 25.7 Å². The van der Waals surface area contributed by atoms with Gasteiger partial charge in [-0.2, -0.15) is 0 Å². The number of amides is 2. The van der Waals surface area contributed by atoms with E-state index < -0.39 is 5.97 Å². The number of carbonyl (C=O) groups is 2. The molecule has 0 rings (SSSR count). The molecule has 19 heavy (non-hydrogen) atoms. The Morgan fingerprint density at radius 3 is 2.11 bits per heavy atom. The first-order valence-electron chi connectivity index (χ1n) is 6.67. The van der Waals surface area contributed by atoms with E-state index in [0.717, 1.165) is 0 Å². The molecule has 0 aliphatic carbocycles. The van der Waals surface area contributed by atoms with E-state index in [9.17, 15) is 9.59 Å². The lowest BCUT2D eigenvalue weighted by molar-refractivity contribution is -0.137. The minimum Gasteiger partial charge on any atom is -0.480 e. The van der Waals surface area contributed by atoms with Crippen molar-refractivity contribution in [3.63, 3.8) is 0 Å². The maximum atomic E-state index is 12.4. The molecule has 0 aliphatic heterocycles. The molecule has 2 N–H and O–H groups in total. The smallest absolute Gasteiger partial charge is 0.323 e. The molecule has 0 atom stereocenters. The summed E-state index contributed by atoms with van der Waals surface area (Å²) in [6, 6.07) is -0.304. The van der Waals surface area contributed by atoms with Gasteiger partial charge in [0.05, 0.1) is 0 Å². The van der Waals surface area contributed by atoms with Crippen molar-refractivity contribution < 1.29 is 19.8 Å². The molecule has 0 fully saturated rings. The molecular formula is C13H26N2O4. The Kier molecular flexibility index (Phi) is 8.14. The molecule has 0 spiro atoms. The summed E-state index contributed by atoms with van der Waals surface area (Å²) in [4.78, 5) is 26.2. The minimum absolute atomic E-state index is 0.0135. The first-order chi connectivity index (χ1) is 8.79. The third-order valence-electron chi connectivity index (χ3n) is 2.61. The molecule has 2 amide bonds. The molecule has 0 unspecified atom stereocenters. The molecule has 0 aromatic rings. The van der Waals surface area contributed by atoms with Crippen molar-refractivity contribution in [2.75, 3.05) is 26.2 Å². The van der Waals surface area contributed by atoms with Crippen molar-refractivity contribution in [2.24, 2.45) is 5.92 Å². The van der Waals surface area contributed by atoms with Gasteiger partial charge in [-0.25, -0.2) is 4.79 Å². The number of carboxylic acid groups (broad SMARTS) is 1. The number of urea groups is 1. The number of hydrogen-bond donors (Lipinski definition) is 2. The Morgan fingerprint density at radius 2 is 1.74 bits per heavy atom. The summed E-state index contributed by atoms with van der Waals surface area (Å²) in [7, 11) is 0. The number of hydrogen-bond acceptors (Lipinski definition) is 3. The van der Waals surface area contributed by atoms with E-state index in [1.807, 2.05) is 27.7 Å². The molecule has 6 nitrogen and oxygen atoms in total. The van der Waals surface area contributed by atoms with Gasteiger partial charge in [-0.1, -0.05) is 13.8 Å². The highest BCUT2D eigenvalue weighted by molar-refractivity contribution is 5.80. The number of carboxylic acids is 1. The number of carbonyl (C=O) groups excluding carboxylic acids is 1. The van der Waals surface area contributed by atoms with E-state index in [0.29, 0.717) is 19.5 Å². The zero-order chi connectivity index (χ0) is 15.0. The van der Waals surface area contributed by atoms with Crippen molar-refractivity contribution >= 4 is 12.0 Å². The molecular weight excluding hydrogens is 248 g/mol. The van der Waals surface area contributed by atoms with Crippen LogP contribution in [0.25, 0.3) is 0 Å². The van der Waals surface area contributed by atoms with Crippen LogP contribution in [-0.2, 0) is 4.79 Å². The van der Waals surface area contributed by atoms with Crippen LogP contribution in [0, 0.1) is 5.92 Å². The van der Waals surface area contributed by atoms with Crippen LogP contribution in [0.2, 0.25) is 0 Å². The second kappa shape index (κ2) is 8.74. The number of nitrogens with zero attached hydrogens (tertiary/aromatic N) is 2. The van der Waals surface area contributed by atoms with Crippen LogP contribution in [0.4, 0.5) is 4.79 Å². The highest BCUT2D eigenvalue weighted by Crippen LogP contribution is 2.08. The van der Waals surface area contributed by atoms with Gasteiger partial charge in [-0.15, -0.1) is 0 Å². The molecule has 0 bridgehead atoms. The van der Waals surface area contributed by atoms with Crippen molar-refractivity contribution in [3.05, 3.63) is 0 Å². The van der Waals surface area contributed by atoms with Crippen LogP contribution >= 0.6 is 0 Å². The van der Waals surface area contributed by atoms with Gasteiger partial charge >= 0.3 is 12.0 Å². The Balaban J connectivity index is 4.83. The van der Waals surface area contributed by atoms with Crippen LogP contribution in [0.1, 0.15) is 34.1 Å². The van der Waals surface area contributed by atoms with E-state index in [1.54, 1.807) is 4.90 Å². The SMILES string of the molecule is CC(C)CN(CC(=O)O)C(=O)N(CCCO)C(C)C. The first kappa shape index (κ1) is 17.7. The summed E-state index contributed by atoms with van der Waals surface area (Å²) in [5.41, 5.74) is 0. The van der Waals surface area contributed by atoms with Crippen molar-refractivity contribution in [1.29, 1.82) is 0 Å². The summed E-state index contributed by atoms with van der Waals surface area (Å²) in [5, 5.41) is 17.8. The van der Waals surface area contributed by atoms with Gasteiger partial charge in [0.1, 0.15) is 6.54 Å². The summed E-state index contributed by atoms with van der Waals surface area (Å²) in [6.45, 7) is 8.20. The molecule has 0 aromatic carbocycles. The van der Waals surface area contributed by atoms with Crippen LogP contribution in [0.3, 0.4) is 0 Å². The fraction of sp³-hybridized carbons (Fsp3) is 0.846. The van der Waals surface area contributed by atoms with Gasteiger partial charge < -0.3 is 20.0 Å². The quantitative estimate of drug-likeness (QED) is 0.698. The topological polar surface area (TPSA) is 81.1 Å². The number of aliphatic hydroxyl groups excluding tert-OH is 1. The van der Waals surface area contributed by atoms with Gasteiger partial charge in [0.2, 0.25) is 0 Å². The number of aliphatic carboxylic acids is 1. The highest BCUT2D eigenvalue weighted by atomic mass is 16.4. The Morgan fingerprint density at radius 1 is 1.16 bits per heavy atom. The Labute approximate surface area is 115 Å². The molecule has 0 saturated heterocycles. The number of aliphatic hydroxyl groups is 1. The zero-order valence-electron chi connectivity index (χ0n) is 12.3. The maximum absolute atomic E-state index is 12.4. The van der Waals surface area contributed by atoms with E-state index in [-0.39, 0.29) is 31.1 Å². The van der Waals surface area contributed by atoms with Crippen LogP contribution in [0.15, 0.2) is 0 Å². The molecule has 0 radical (unpaired) electrons. The highest BCUT2D eigenvalue weighted by Gasteiger charge is 2.25. The summed E-state index contributed by atoms with van der Waals surface area (Å²) in [5.74, 6) is -0.810. The molecule has 6 heteroatoms. The van der Waals surface area contributed by atoms with E-state index in [4.69, 9.17) is 10.2 Å². The van der Waals surface area contributed by atoms with Crippen molar-refractivity contribution in [3.8, 4) is 0 Å². The number of rotatable bonds is 8. The maximum Gasteiger partial charge on any atom is 0.323 e. The average Bonchev–Trinajstić information content (AvgIpc) is 2.26. The fourth-order valence-electron chi connectivity index (χ4n) is 1.81. The molecule has 0 aromatic heterocycles. The Hall–Kier alpha value is -1.30. The lowest BCUT2D eigenvalue weighted by Gasteiger charge is -2.33. The molecule has 0 saturated carbocycles. The third-order valence-corrected chi connectivity index (χ3v) is 2.61. The summed E-state index contributed by atoms with van der Waals surface area (Å²) in [6.07, 6.45) is 0.493. The van der Waals surface area contributed by atoms with Gasteiger partial charge in [0.15, 0.2) is 0 Å². The Bertz CT molecular complexity index is 292. The van der Waals surface area contributed by atoms with Crippen molar-refractivity contribution in [1.82, 2.24) is 9.80 Å². The van der Waals surface area contributed by atoms with Crippen molar-refractivity contribution in [2.45, 2.75) is 40.2 Å². The van der Waals surface area contributed by atoms with E-state index in [2.05, 4.69) is 0 Å². The average molecular weight is 274 g/mol. The predicted octanol–water partition coefficient (Wildman–Crippen LogP) is 1.24. The third kappa shape index (κ3) is 7.00. The van der Waals surface area contributed by atoms with Crippen LogP contribution < -0.4 is 0 Å². The largest absolute Gasteiger partial charge is 0.480 e. The van der Waals surface area contributed by atoms with Gasteiger partial charge in [0.25, 0.3) is 0 Å². The lowest BCUT2D eigenvalue weighted by atomic mass is 10.2. The molecule has 112 valence electrons. The second-order valence-electron chi connectivity index (χ2n) is 5.31. The van der Waals surface area contributed by atoms with Gasteiger partial charge in [-0.3, -0.25) is 4.79 Å².